The fourth-order valence-corrected chi connectivity index (χ4v) is 7.97. The summed E-state index contributed by atoms with van der Waals surface area (Å²) in [5.41, 5.74) is 2.79. The van der Waals surface area contributed by atoms with Gasteiger partial charge in [0, 0.05) is 29.1 Å². The molecular formula is C30H31F5N6O2S. The molecule has 4 heterocycles. The lowest BCUT2D eigenvalue weighted by molar-refractivity contribution is -0.137. The number of nitrogens with two attached hydrogens (primary N) is 1. The minimum absolute atomic E-state index is 0.0603. The first-order valence-corrected chi connectivity index (χ1v) is 15.6. The number of alkyl halides is 3. The summed E-state index contributed by atoms with van der Waals surface area (Å²) in [6.45, 7) is 4.38. The van der Waals surface area contributed by atoms with Crippen LogP contribution in [0.1, 0.15) is 51.0 Å². The van der Waals surface area contributed by atoms with E-state index in [0.29, 0.717) is 19.4 Å². The van der Waals surface area contributed by atoms with Crippen molar-refractivity contribution in [1.82, 2.24) is 19.9 Å². The second kappa shape index (κ2) is 10.6. The maximum atomic E-state index is 16.8. The third-order valence-electron chi connectivity index (χ3n) is 9.40. The molecule has 2 aliphatic heterocycles. The van der Waals surface area contributed by atoms with Gasteiger partial charge in [-0.05, 0) is 76.7 Å². The van der Waals surface area contributed by atoms with Crippen molar-refractivity contribution in [2.24, 2.45) is 0 Å². The highest BCUT2D eigenvalue weighted by atomic mass is 32.1. The fourth-order valence-electron chi connectivity index (χ4n) is 7.21. The van der Waals surface area contributed by atoms with E-state index in [9.17, 15) is 22.7 Å². The molecule has 3 fully saturated rings. The van der Waals surface area contributed by atoms with E-state index in [4.69, 9.17) is 10.5 Å². The number of nitrogens with zero attached hydrogens (tertiary/aromatic N) is 5. The smallest absolute Gasteiger partial charge is 0.417 e. The molecule has 44 heavy (non-hydrogen) atoms. The van der Waals surface area contributed by atoms with Gasteiger partial charge in [-0.15, -0.1) is 0 Å². The molecule has 1 saturated carbocycles. The fraction of sp³-hybridized carbons (Fsp3) is 0.500. The molecule has 0 spiro atoms. The molecule has 0 atom stereocenters. The average molecular weight is 635 g/mol. The Balaban J connectivity index is 1.44. The molecule has 2 aromatic carbocycles. The first-order valence-electron chi connectivity index (χ1n) is 14.8. The Morgan fingerprint density at radius 3 is 2.50 bits per heavy atom. The third-order valence-corrected chi connectivity index (χ3v) is 10.3. The number of hydrogen-bond acceptors (Lipinski definition) is 9. The lowest BCUT2D eigenvalue weighted by Crippen LogP contribution is -2.47. The van der Waals surface area contributed by atoms with Gasteiger partial charge in [0.1, 0.15) is 23.8 Å². The molecule has 0 unspecified atom stereocenters. The van der Waals surface area contributed by atoms with Gasteiger partial charge in [-0.2, -0.15) is 23.1 Å². The summed E-state index contributed by atoms with van der Waals surface area (Å²) in [6, 6.07) is 2.58. The van der Waals surface area contributed by atoms with Crippen molar-refractivity contribution in [3.63, 3.8) is 0 Å². The first kappa shape index (κ1) is 29.4. The number of nitrogen functional groups attached to an aromatic ring is 1. The van der Waals surface area contributed by atoms with Crippen LogP contribution in [0.5, 0.6) is 6.01 Å². The molecule has 0 radical (unpaired) electrons. The van der Waals surface area contributed by atoms with Gasteiger partial charge in [-0.3, -0.25) is 4.90 Å². The van der Waals surface area contributed by atoms with Gasteiger partial charge in [0.15, 0.2) is 10.9 Å². The van der Waals surface area contributed by atoms with Crippen LogP contribution in [-0.4, -0.2) is 68.9 Å². The SMILES string of the molecule is CCN(c1nc(OCC23CCCN2CCC3)nc2c(F)c(-c3ccc(F)c4sc(N)nc34)c(C(F)(F)F)cc12)C1CC(O)C1. The Kier molecular flexibility index (Phi) is 7.09. The molecule has 234 valence electrons. The highest BCUT2D eigenvalue weighted by Crippen LogP contribution is 2.47. The van der Waals surface area contributed by atoms with Gasteiger partial charge in [0.05, 0.1) is 27.4 Å². The van der Waals surface area contributed by atoms with Crippen molar-refractivity contribution in [3.05, 3.63) is 35.4 Å². The van der Waals surface area contributed by atoms with E-state index >= 15 is 4.39 Å². The highest BCUT2D eigenvalue weighted by Gasteiger charge is 2.45. The van der Waals surface area contributed by atoms with Crippen LogP contribution in [0.2, 0.25) is 0 Å². The van der Waals surface area contributed by atoms with Gasteiger partial charge in [-0.25, -0.2) is 13.8 Å². The van der Waals surface area contributed by atoms with Crippen molar-refractivity contribution in [2.75, 3.05) is 36.9 Å². The first-order chi connectivity index (χ1) is 21.0. The molecule has 3 aliphatic rings. The summed E-state index contributed by atoms with van der Waals surface area (Å²) >= 11 is 0.771. The number of halogens is 5. The van der Waals surface area contributed by atoms with Crippen LogP contribution in [0, 0.1) is 11.6 Å². The zero-order valence-corrected chi connectivity index (χ0v) is 24.7. The summed E-state index contributed by atoms with van der Waals surface area (Å²) in [6.07, 6.45) is -0.765. The predicted octanol–water partition coefficient (Wildman–Crippen LogP) is 6.14. The number of aliphatic hydroxyl groups is 1. The summed E-state index contributed by atoms with van der Waals surface area (Å²) in [5, 5.41) is 9.80. The Morgan fingerprint density at radius 1 is 1.11 bits per heavy atom. The van der Waals surface area contributed by atoms with Crippen LogP contribution in [0.25, 0.3) is 32.2 Å². The van der Waals surface area contributed by atoms with E-state index in [2.05, 4.69) is 19.9 Å². The van der Waals surface area contributed by atoms with E-state index < -0.39 is 35.0 Å². The quantitative estimate of drug-likeness (QED) is 0.234. The van der Waals surface area contributed by atoms with Crippen LogP contribution in [0.4, 0.5) is 32.9 Å². The van der Waals surface area contributed by atoms with E-state index in [1.54, 1.807) is 4.90 Å². The van der Waals surface area contributed by atoms with Crippen molar-refractivity contribution < 1.29 is 31.8 Å². The van der Waals surface area contributed by atoms with Crippen LogP contribution >= 0.6 is 11.3 Å². The molecule has 8 nitrogen and oxygen atoms in total. The molecule has 3 N–H and O–H groups in total. The van der Waals surface area contributed by atoms with Gasteiger partial charge in [0.2, 0.25) is 0 Å². The number of ether oxygens (including phenoxy) is 1. The monoisotopic (exact) mass is 634 g/mol. The number of hydrogen-bond donors (Lipinski definition) is 2. The predicted molar refractivity (Wildman–Crippen MR) is 158 cm³/mol. The van der Waals surface area contributed by atoms with Gasteiger partial charge >= 0.3 is 12.2 Å². The number of aliphatic hydroxyl groups excluding tert-OH is 1. The second-order valence-electron chi connectivity index (χ2n) is 11.9. The Bertz CT molecular complexity index is 1750. The maximum absolute atomic E-state index is 16.8. The minimum Gasteiger partial charge on any atom is -0.461 e. The van der Waals surface area contributed by atoms with E-state index in [1.807, 2.05) is 6.92 Å². The second-order valence-corrected chi connectivity index (χ2v) is 13.0. The summed E-state index contributed by atoms with van der Waals surface area (Å²) < 4.78 is 81.6. The topological polar surface area (TPSA) is 101 Å². The van der Waals surface area contributed by atoms with Gasteiger partial charge in [-0.1, -0.05) is 11.3 Å². The molecule has 2 saturated heterocycles. The molecule has 1 aliphatic carbocycles. The van der Waals surface area contributed by atoms with Gasteiger partial charge < -0.3 is 20.5 Å². The summed E-state index contributed by atoms with van der Waals surface area (Å²) in [4.78, 5) is 17.2. The molecule has 2 aromatic heterocycles. The number of aromatic nitrogens is 3. The number of fused-ring (bicyclic) bond motifs is 3. The normalized spacial score (nSPS) is 21.6. The summed E-state index contributed by atoms with van der Waals surface area (Å²) in [7, 11) is 0. The van der Waals surface area contributed by atoms with Crippen LogP contribution in [-0.2, 0) is 6.18 Å². The number of anilines is 2. The Morgan fingerprint density at radius 2 is 1.84 bits per heavy atom. The zero-order valence-electron chi connectivity index (χ0n) is 23.9. The third kappa shape index (κ3) is 4.72. The lowest BCUT2D eigenvalue weighted by Gasteiger charge is -2.41. The molecule has 0 bridgehead atoms. The van der Waals surface area contributed by atoms with Gasteiger partial charge in [0.25, 0.3) is 0 Å². The molecule has 14 heteroatoms. The van der Waals surface area contributed by atoms with Crippen LogP contribution < -0.4 is 15.4 Å². The Hall–Kier alpha value is -3.36. The van der Waals surface area contributed by atoms with Crippen molar-refractivity contribution >= 4 is 43.4 Å². The van der Waals surface area contributed by atoms with Crippen molar-refractivity contribution in [2.45, 2.75) is 69.3 Å². The van der Waals surface area contributed by atoms with E-state index in [1.165, 1.54) is 0 Å². The maximum Gasteiger partial charge on any atom is 0.417 e. The number of rotatable bonds is 7. The number of thiazole rings is 1. The lowest BCUT2D eigenvalue weighted by atomic mass is 9.87. The molecule has 7 rings (SSSR count). The van der Waals surface area contributed by atoms with Crippen LogP contribution in [0.3, 0.4) is 0 Å². The number of benzene rings is 2. The highest BCUT2D eigenvalue weighted by molar-refractivity contribution is 7.22. The Labute approximate surface area is 253 Å². The molecule has 0 amide bonds. The molecular weight excluding hydrogens is 603 g/mol. The standard InChI is InChI=1S/C30H31F5N6O2S/c1-2-41(15-11-16(42)12-15)26-18-13-19(30(33,34)35)21(17-5-6-20(31)25-24(17)37-27(36)44-25)22(32)23(18)38-28(39-26)43-14-29-7-3-9-40(29)10-4-8-29/h5-6,13,15-16,42H,2-4,7-12,14H2,1H3,(H2,36,37). The molecule has 4 aromatic rings. The summed E-state index contributed by atoms with van der Waals surface area (Å²) in [5.74, 6) is -1.86. The largest absolute Gasteiger partial charge is 0.461 e. The van der Waals surface area contributed by atoms with E-state index in [-0.39, 0.29) is 61.8 Å². The average Bonchev–Trinajstić information content (AvgIpc) is 3.66. The minimum atomic E-state index is -4.99. The van der Waals surface area contributed by atoms with Crippen molar-refractivity contribution in [1.29, 1.82) is 0 Å². The van der Waals surface area contributed by atoms with Crippen molar-refractivity contribution in [3.8, 4) is 17.1 Å². The van der Waals surface area contributed by atoms with Crippen LogP contribution in [0.15, 0.2) is 18.2 Å². The van der Waals surface area contributed by atoms with E-state index in [0.717, 1.165) is 68.3 Å². The zero-order chi connectivity index (χ0) is 31.0.